The highest BCUT2D eigenvalue weighted by molar-refractivity contribution is 6.25. The van der Waals surface area contributed by atoms with Crippen LogP contribution in [0.1, 0.15) is 33.8 Å². The number of Topliss-reactive ketones (excluding diaryl/α,β-unsaturated/α-hetero) is 2. The summed E-state index contributed by atoms with van der Waals surface area (Å²) in [5.41, 5.74) is 3.29. The van der Waals surface area contributed by atoms with Gasteiger partial charge in [-0.3, -0.25) is 19.3 Å². The van der Waals surface area contributed by atoms with Crippen LogP contribution in [0, 0.1) is 11.8 Å². The molecule has 1 unspecified atom stereocenters. The minimum atomic E-state index is -2.67. The van der Waals surface area contributed by atoms with Crippen molar-refractivity contribution < 1.29 is 39.6 Å². The van der Waals surface area contributed by atoms with Crippen molar-refractivity contribution in [1.82, 2.24) is 4.90 Å². The van der Waals surface area contributed by atoms with Gasteiger partial charge in [0.2, 0.25) is 5.78 Å². The largest absolute Gasteiger partial charge is 0.510 e. The molecule has 0 saturated carbocycles. The number of hydrogen-bond acceptors (Lipinski definition) is 11. The van der Waals surface area contributed by atoms with Crippen LogP contribution in [0.15, 0.2) is 33.9 Å². The summed E-state index contributed by atoms with van der Waals surface area (Å²) in [4.78, 5) is 47.9. The number of hydrogen-bond donors (Lipinski definition) is 5. The number of rotatable bonds is 4. The van der Waals surface area contributed by atoms with Crippen LogP contribution in [0.25, 0.3) is 0 Å². The number of ketones is 2. The molecule has 1 amide bonds. The number of anilines is 1. The average molecular weight is 527 g/mol. The Bertz CT molecular complexity index is 1380. The Balaban J connectivity index is 1.74. The summed E-state index contributed by atoms with van der Waals surface area (Å²) in [6, 6.07) is 0.743. The van der Waals surface area contributed by atoms with Gasteiger partial charge in [-0.05, 0) is 44.5 Å². The Morgan fingerprint density at radius 2 is 1.87 bits per heavy atom. The van der Waals surface area contributed by atoms with E-state index in [1.165, 1.54) is 11.1 Å². The van der Waals surface area contributed by atoms with Crippen molar-refractivity contribution in [3.63, 3.8) is 0 Å². The molecule has 5 atom stereocenters. The quantitative estimate of drug-likeness (QED) is 0.341. The molecule has 3 aliphatic carbocycles. The van der Waals surface area contributed by atoms with E-state index < -0.39 is 64.0 Å². The van der Waals surface area contributed by atoms with Gasteiger partial charge in [0, 0.05) is 36.8 Å². The number of fused-ring (bicyclic) bond motifs is 3. The van der Waals surface area contributed by atoms with Crippen LogP contribution in [-0.4, -0.2) is 95.5 Å². The fourth-order valence-corrected chi connectivity index (χ4v) is 6.45. The topological polar surface area (TPSA) is 186 Å². The number of aliphatic hydroxyl groups is 3. The van der Waals surface area contributed by atoms with E-state index in [2.05, 4.69) is 5.16 Å². The highest BCUT2D eigenvalue weighted by atomic mass is 16.6. The normalized spacial score (nSPS) is 30.3. The van der Waals surface area contributed by atoms with E-state index in [0.717, 1.165) is 0 Å². The molecule has 1 aromatic rings. The number of nitrogens with zero attached hydrogens (tertiary/aromatic N) is 3. The molecule has 4 aliphatic rings. The molecule has 1 heterocycles. The van der Waals surface area contributed by atoms with Crippen molar-refractivity contribution in [2.45, 2.75) is 30.4 Å². The molecule has 0 bridgehead atoms. The van der Waals surface area contributed by atoms with Crippen molar-refractivity contribution in [1.29, 1.82) is 0 Å². The van der Waals surface area contributed by atoms with Crippen LogP contribution in [-0.2, 0) is 20.8 Å². The zero-order valence-electron chi connectivity index (χ0n) is 21.4. The maximum Gasteiger partial charge on any atom is 0.255 e. The number of aromatic hydroxyl groups is 1. The van der Waals surface area contributed by atoms with E-state index in [9.17, 15) is 34.8 Å². The first-order chi connectivity index (χ1) is 17.8. The van der Waals surface area contributed by atoms with Crippen LogP contribution < -0.4 is 10.6 Å². The summed E-state index contributed by atoms with van der Waals surface area (Å²) >= 11 is 0. The van der Waals surface area contributed by atoms with Gasteiger partial charge in [-0.1, -0.05) is 5.16 Å². The number of benzene rings is 1. The minimum Gasteiger partial charge on any atom is -0.510 e. The summed E-state index contributed by atoms with van der Waals surface area (Å²) < 4.78 is 0. The SMILES string of the molecule is CN(C)c1cc(C2C=NOC2)c(O)c2c1C[C@H]1C[C@H]3[C@H](N(C)C)C(O)=C(C(N)=O)C(=O)[C@@]3(O)C(O)=C1C2=O. The van der Waals surface area contributed by atoms with Gasteiger partial charge in [0.05, 0.1) is 23.7 Å². The van der Waals surface area contributed by atoms with Gasteiger partial charge in [0.25, 0.3) is 5.91 Å². The molecule has 0 saturated heterocycles. The third-order valence-electron chi connectivity index (χ3n) is 8.18. The lowest BCUT2D eigenvalue weighted by Gasteiger charge is -2.50. The number of allylic oxidation sites excluding steroid dienone is 1. The van der Waals surface area contributed by atoms with E-state index >= 15 is 0 Å². The first-order valence-corrected chi connectivity index (χ1v) is 12.2. The van der Waals surface area contributed by atoms with E-state index in [1.54, 1.807) is 34.3 Å². The van der Waals surface area contributed by atoms with Crippen molar-refractivity contribution in [3.8, 4) is 5.75 Å². The van der Waals surface area contributed by atoms with Gasteiger partial charge < -0.3 is 35.9 Å². The average Bonchev–Trinajstić information content (AvgIpc) is 3.35. The molecular formula is C26H30N4O8. The van der Waals surface area contributed by atoms with Crippen molar-refractivity contribution in [2.75, 3.05) is 39.7 Å². The molecule has 0 aromatic heterocycles. The molecular weight excluding hydrogens is 496 g/mol. The first kappa shape index (κ1) is 25.7. The molecule has 12 heteroatoms. The van der Waals surface area contributed by atoms with Crippen LogP contribution >= 0.6 is 0 Å². The Morgan fingerprint density at radius 3 is 2.42 bits per heavy atom. The zero-order valence-corrected chi connectivity index (χ0v) is 21.4. The Morgan fingerprint density at radius 1 is 1.18 bits per heavy atom. The molecule has 0 spiro atoms. The van der Waals surface area contributed by atoms with Gasteiger partial charge in [0.1, 0.15) is 29.4 Å². The maximum atomic E-state index is 14.0. The number of primary amides is 1. The van der Waals surface area contributed by atoms with E-state index in [0.29, 0.717) is 16.8 Å². The van der Waals surface area contributed by atoms with Crippen LogP contribution in [0.3, 0.4) is 0 Å². The van der Waals surface area contributed by atoms with Gasteiger partial charge in [0.15, 0.2) is 11.4 Å². The molecule has 1 aliphatic heterocycles. The molecule has 202 valence electrons. The predicted octanol–water partition coefficient (Wildman–Crippen LogP) is 0.286. The van der Waals surface area contributed by atoms with E-state index in [4.69, 9.17) is 10.6 Å². The lowest BCUT2D eigenvalue weighted by molar-refractivity contribution is -0.148. The van der Waals surface area contributed by atoms with Crippen LogP contribution in [0.5, 0.6) is 5.75 Å². The van der Waals surface area contributed by atoms with E-state index in [-0.39, 0.29) is 36.3 Å². The van der Waals surface area contributed by atoms with Gasteiger partial charge in [-0.15, -0.1) is 0 Å². The molecule has 0 fully saturated rings. The van der Waals surface area contributed by atoms with Crippen molar-refractivity contribution in [3.05, 3.63) is 45.4 Å². The number of carbonyl (C=O) groups excluding carboxylic acids is 3. The highest BCUT2D eigenvalue weighted by Gasteiger charge is 2.63. The van der Waals surface area contributed by atoms with Gasteiger partial charge in [-0.25, -0.2) is 0 Å². The number of nitrogens with two attached hydrogens (primary N) is 1. The summed E-state index contributed by atoms with van der Waals surface area (Å²) in [5.74, 6) is -7.15. The van der Waals surface area contributed by atoms with E-state index in [1.807, 2.05) is 4.90 Å². The highest BCUT2D eigenvalue weighted by Crippen LogP contribution is 2.53. The maximum absolute atomic E-state index is 14.0. The van der Waals surface area contributed by atoms with Gasteiger partial charge >= 0.3 is 0 Å². The van der Waals surface area contributed by atoms with Crippen LogP contribution in [0.2, 0.25) is 0 Å². The first-order valence-electron chi connectivity index (χ1n) is 12.2. The molecule has 6 N–H and O–H groups in total. The molecule has 38 heavy (non-hydrogen) atoms. The number of phenolic OH excluding ortho intramolecular Hbond substituents is 1. The van der Waals surface area contributed by atoms with Crippen LogP contribution in [0.4, 0.5) is 5.69 Å². The third kappa shape index (κ3) is 3.29. The number of phenols is 1. The standard InChI is InChI=1S/C26H30N4O8/c1-29(2)15-7-12(11-8-28-38-9-11)20(31)17-13(15)5-10-6-14-19(30(3)4)22(33)18(25(27)36)24(35)26(14,37)23(34)16(10)21(17)32/h7-8,10-11,14,19,31,33-34,37H,5-6,9H2,1-4H3,(H2,27,36)/t10-,11?,14-,19-,26-/m0/s1. The Kier molecular flexibility index (Phi) is 5.80. The summed E-state index contributed by atoms with van der Waals surface area (Å²) in [6.07, 6.45) is 1.77. The number of oxime groups is 1. The second-order valence-corrected chi connectivity index (χ2v) is 10.7. The monoisotopic (exact) mass is 526 g/mol. The van der Waals surface area contributed by atoms with Gasteiger partial charge in [-0.2, -0.15) is 0 Å². The smallest absolute Gasteiger partial charge is 0.255 e. The van der Waals surface area contributed by atoms with Crippen molar-refractivity contribution in [2.24, 2.45) is 22.7 Å². The zero-order chi connectivity index (χ0) is 27.8. The molecule has 5 rings (SSSR count). The lowest BCUT2D eigenvalue weighted by atomic mass is 9.58. The fourth-order valence-electron chi connectivity index (χ4n) is 6.45. The minimum absolute atomic E-state index is 0.0320. The predicted molar refractivity (Wildman–Crippen MR) is 135 cm³/mol. The Labute approximate surface area is 218 Å². The number of likely N-dealkylation sites (N-methyl/N-ethyl adjacent to an activating group) is 1. The summed E-state index contributed by atoms with van der Waals surface area (Å²) in [7, 11) is 6.79. The summed E-state index contributed by atoms with van der Waals surface area (Å²) in [5, 5.41) is 49.0. The summed E-state index contributed by atoms with van der Waals surface area (Å²) in [6.45, 7) is 0.178. The Hall–Kier alpha value is -3.90. The fraction of sp³-hybridized carbons (Fsp3) is 0.462. The lowest BCUT2D eigenvalue weighted by Crippen LogP contribution is -2.63. The number of aliphatic hydroxyl groups excluding tert-OH is 2. The third-order valence-corrected chi connectivity index (χ3v) is 8.18. The molecule has 0 radical (unpaired) electrons. The van der Waals surface area contributed by atoms with Crippen molar-refractivity contribution >= 4 is 29.4 Å². The second-order valence-electron chi connectivity index (χ2n) is 10.7. The molecule has 1 aromatic carbocycles. The number of amides is 1. The number of carbonyl (C=O) groups is 3. The second kappa shape index (κ2) is 8.57. The molecule has 12 nitrogen and oxygen atoms in total.